The number of allylic oxidation sites excluding steroid dienone is 3. The second kappa shape index (κ2) is 11.0. The van der Waals surface area contributed by atoms with Crippen LogP contribution in [0.1, 0.15) is 19.3 Å². The van der Waals surface area contributed by atoms with E-state index < -0.39 is 24.5 Å². The van der Waals surface area contributed by atoms with Crippen molar-refractivity contribution in [3.8, 4) is 5.75 Å². The van der Waals surface area contributed by atoms with Gasteiger partial charge in [-0.3, -0.25) is 0 Å². The molecular formula is C21H25ClO6. The van der Waals surface area contributed by atoms with Crippen molar-refractivity contribution in [3.63, 3.8) is 0 Å². The molecule has 1 saturated carbocycles. The van der Waals surface area contributed by atoms with E-state index >= 15 is 0 Å². The molecule has 1 fully saturated rings. The van der Waals surface area contributed by atoms with Crippen molar-refractivity contribution >= 4 is 17.6 Å². The largest absolute Gasteiger partial charge is 0.478 e. The number of aliphatic hydroxyl groups is 3. The Morgan fingerprint density at radius 1 is 1.25 bits per heavy atom. The van der Waals surface area contributed by atoms with Crippen molar-refractivity contribution in [2.75, 3.05) is 0 Å². The second-order valence-corrected chi connectivity index (χ2v) is 7.08. The molecule has 2 rings (SSSR count). The number of carboxylic acids is 1. The Hall–Kier alpha value is -2.12. The molecule has 28 heavy (non-hydrogen) atoms. The topological polar surface area (TPSA) is 107 Å². The normalized spacial score (nSPS) is 26.4. The predicted octanol–water partition coefficient (Wildman–Crippen LogP) is 2.93. The maximum Gasteiger partial charge on any atom is 0.327 e. The lowest BCUT2D eigenvalue weighted by Crippen LogP contribution is -2.21. The third kappa shape index (κ3) is 7.13. The first-order chi connectivity index (χ1) is 13.4. The maximum absolute atomic E-state index is 10.4. The Morgan fingerprint density at radius 3 is 2.75 bits per heavy atom. The first kappa shape index (κ1) is 22.2. The number of halogens is 1. The summed E-state index contributed by atoms with van der Waals surface area (Å²) in [5.41, 5.74) is 0. The number of aliphatic carboxylic acids is 1. The Bertz CT molecular complexity index is 729. The van der Waals surface area contributed by atoms with Crippen LogP contribution >= 0.6 is 11.6 Å². The Kier molecular flexibility index (Phi) is 8.73. The summed E-state index contributed by atoms with van der Waals surface area (Å²) in [6.07, 6.45) is 8.07. The highest BCUT2D eigenvalue weighted by Gasteiger charge is 2.39. The maximum atomic E-state index is 10.4. The van der Waals surface area contributed by atoms with Crippen molar-refractivity contribution < 1.29 is 30.0 Å². The highest BCUT2D eigenvalue weighted by molar-refractivity contribution is 6.30. The summed E-state index contributed by atoms with van der Waals surface area (Å²) in [7, 11) is 0. The zero-order valence-electron chi connectivity index (χ0n) is 15.3. The smallest absolute Gasteiger partial charge is 0.327 e. The fourth-order valence-corrected chi connectivity index (χ4v) is 3.43. The summed E-state index contributed by atoms with van der Waals surface area (Å²) >= 11 is 5.88. The molecule has 0 aromatic heterocycles. The number of aliphatic hydroxyl groups excluding tert-OH is 3. The van der Waals surface area contributed by atoms with Crippen LogP contribution in [-0.2, 0) is 4.79 Å². The summed E-state index contributed by atoms with van der Waals surface area (Å²) in [6, 6.07) is 6.66. The van der Waals surface area contributed by atoms with E-state index in [0.29, 0.717) is 23.6 Å². The molecule has 0 radical (unpaired) electrons. The molecule has 0 bridgehead atoms. The molecule has 152 valence electrons. The van der Waals surface area contributed by atoms with E-state index in [-0.39, 0.29) is 18.3 Å². The van der Waals surface area contributed by atoms with Gasteiger partial charge in [-0.25, -0.2) is 4.79 Å². The Morgan fingerprint density at radius 2 is 2.04 bits per heavy atom. The highest BCUT2D eigenvalue weighted by atomic mass is 35.5. The first-order valence-electron chi connectivity index (χ1n) is 9.06. The minimum atomic E-state index is -1.21. The van der Waals surface area contributed by atoms with Gasteiger partial charge < -0.3 is 25.2 Å². The van der Waals surface area contributed by atoms with Gasteiger partial charge in [0.25, 0.3) is 0 Å². The van der Waals surface area contributed by atoms with E-state index in [4.69, 9.17) is 21.4 Å². The number of carbonyl (C=O) groups is 1. The molecule has 5 atom stereocenters. The van der Waals surface area contributed by atoms with Gasteiger partial charge in [-0.05, 0) is 43.0 Å². The molecule has 1 aliphatic rings. The SMILES string of the molecule is O=C(O)/C=C/C/C=C\C[C@@H]1[C@@H](/C=C/[C@@H](O)Oc2cccc(Cl)c2)[C@H](O)C[C@@H]1O. The predicted molar refractivity (Wildman–Crippen MR) is 106 cm³/mol. The molecule has 0 spiro atoms. The van der Waals surface area contributed by atoms with E-state index in [1.54, 1.807) is 30.3 Å². The van der Waals surface area contributed by atoms with Crippen LogP contribution in [0.15, 0.2) is 60.7 Å². The Labute approximate surface area is 169 Å². The summed E-state index contributed by atoms with van der Waals surface area (Å²) < 4.78 is 5.37. The van der Waals surface area contributed by atoms with Crippen LogP contribution in [0.4, 0.5) is 0 Å². The second-order valence-electron chi connectivity index (χ2n) is 6.65. The first-order valence-corrected chi connectivity index (χ1v) is 9.44. The number of rotatable bonds is 9. The number of ether oxygens (including phenoxy) is 1. The molecule has 4 N–H and O–H groups in total. The quantitative estimate of drug-likeness (QED) is 0.284. The van der Waals surface area contributed by atoms with Crippen molar-refractivity contribution in [1.29, 1.82) is 0 Å². The number of hydrogen-bond donors (Lipinski definition) is 4. The Balaban J connectivity index is 1.92. The van der Waals surface area contributed by atoms with Crippen molar-refractivity contribution in [1.82, 2.24) is 0 Å². The van der Waals surface area contributed by atoms with Gasteiger partial charge in [0.1, 0.15) is 5.75 Å². The van der Waals surface area contributed by atoms with E-state index in [2.05, 4.69) is 0 Å². The van der Waals surface area contributed by atoms with Crippen LogP contribution in [-0.4, -0.2) is 44.9 Å². The van der Waals surface area contributed by atoms with E-state index in [1.807, 2.05) is 12.2 Å². The van der Waals surface area contributed by atoms with Crippen molar-refractivity contribution in [3.05, 3.63) is 65.7 Å². The number of benzene rings is 1. The average Bonchev–Trinajstić information content (AvgIpc) is 2.89. The van der Waals surface area contributed by atoms with Crippen LogP contribution in [0.2, 0.25) is 5.02 Å². The van der Waals surface area contributed by atoms with Crippen molar-refractivity contribution in [2.45, 2.75) is 37.8 Å². The number of carboxylic acid groups (broad SMARTS) is 1. The molecule has 0 unspecified atom stereocenters. The lowest BCUT2D eigenvalue weighted by Gasteiger charge is -2.19. The molecule has 1 aromatic carbocycles. The van der Waals surface area contributed by atoms with Crippen LogP contribution in [0.25, 0.3) is 0 Å². The fraction of sp³-hybridized carbons (Fsp3) is 0.381. The molecule has 1 aliphatic carbocycles. The zero-order chi connectivity index (χ0) is 20.5. The zero-order valence-corrected chi connectivity index (χ0v) is 16.0. The van der Waals surface area contributed by atoms with E-state index in [0.717, 1.165) is 6.08 Å². The van der Waals surface area contributed by atoms with Gasteiger partial charge in [0, 0.05) is 23.4 Å². The fourth-order valence-electron chi connectivity index (χ4n) is 3.25. The third-order valence-corrected chi connectivity index (χ3v) is 4.81. The molecule has 7 heteroatoms. The third-order valence-electron chi connectivity index (χ3n) is 4.57. The van der Waals surface area contributed by atoms with Crippen LogP contribution in [0, 0.1) is 11.8 Å². The summed E-state index contributed by atoms with van der Waals surface area (Å²) in [4.78, 5) is 10.4. The summed E-state index contributed by atoms with van der Waals surface area (Å²) in [5.74, 6) is -1.10. The minimum absolute atomic E-state index is 0.204. The summed E-state index contributed by atoms with van der Waals surface area (Å²) in [6.45, 7) is 0. The van der Waals surface area contributed by atoms with Gasteiger partial charge >= 0.3 is 5.97 Å². The van der Waals surface area contributed by atoms with Gasteiger partial charge in [-0.1, -0.05) is 42.0 Å². The van der Waals surface area contributed by atoms with Gasteiger partial charge in [0.05, 0.1) is 12.2 Å². The highest BCUT2D eigenvalue weighted by Crippen LogP contribution is 2.36. The van der Waals surface area contributed by atoms with Gasteiger partial charge in [0.15, 0.2) is 0 Å². The molecular weight excluding hydrogens is 384 g/mol. The standard InChI is InChI=1S/C21H25ClO6/c22-14-6-5-7-15(12-14)28-21(27)11-10-17-16(18(23)13-19(17)24)8-3-1-2-4-9-20(25)26/h1,3-7,9-12,16-19,21,23-24,27H,2,8,13H2,(H,25,26)/b3-1-,9-4+,11-10+/t16-,17-,18+,19-,21+/m1/s1. The van der Waals surface area contributed by atoms with Gasteiger partial charge in [-0.15, -0.1) is 0 Å². The lowest BCUT2D eigenvalue weighted by molar-refractivity contribution is -0.131. The van der Waals surface area contributed by atoms with Gasteiger partial charge in [0.2, 0.25) is 6.29 Å². The van der Waals surface area contributed by atoms with Crippen LogP contribution in [0.5, 0.6) is 5.75 Å². The van der Waals surface area contributed by atoms with Gasteiger partial charge in [-0.2, -0.15) is 0 Å². The molecule has 0 saturated heterocycles. The lowest BCUT2D eigenvalue weighted by atomic mass is 9.90. The molecule has 6 nitrogen and oxygen atoms in total. The average molecular weight is 409 g/mol. The van der Waals surface area contributed by atoms with E-state index in [1.165, 1.54) is 12.2 Å². The van der Waals surface area contributed by atoms with Crippen LogP contribution in [0.3, 0.4) is 0 Å². The summed E-state index contributed by atoms with van der Waals surface area (Å²) in [5, 5.41) is 39.5. The molecule has 0 amide bonds. The van der Waals surface area contributed by atoms with Crippen molar-refractivity contribution in [2.24, 2.45) is 11.8 Å². The molecule has 0 heterocycles. The molecule has 0 aliphatic heterocycles. The molecule has 1 aromatic rings. The minimum Gasteiger partial charge on any atom is -0.478 e. The van der Waals surface area contributed by atoms with Crippen LogP contribution < -0.4 is 4.74 Å². The number of hydrogen-bond acceptors (Lipinski definition) is 5. The monoisotopic (exact) mass is 408 g/mol. The van der Waals surface area contributed by atoms with E-state index in [9.17, 15) is 20.1 Å².